The van der Waals surface area contributed by atoms with Gasteiger partial charge in [-0.15, -0.1) is 11.3 Å². The number of nitrogens with one attached hydrogen (secondary N) is 1. The van der Waals surface area contributed by atoms with Crippen molar-refractivity contribution in [2.45, 2.75) is 6.18 Å². The van der Waals surface area contributed by atoms with Gasteiger partial charge in [-0.3, -0.25) is 9.48 Å². The molecule has 27 heavy (non-hydrogen) atoms. The van der Waals surface area contributed by atoms with Crippen LogP contribution in [0.3, 0.4) is 0 Å². The highest BCUT2D eigenvalue weighted by Crippen LogP contribution is 2.33. The molecule has 0 bridgehead atoms. The molecule has 4 heterocycles. The minimum Gasteiger partial charge on any atom is -0.304 e. The summed E-state index contributed by atoms with van der Waals surface area (Å²) in [5.74, 6) is -0.409. The van der Waals surface area contributed by atoms with E-state index in [2.05, 4.69) is 20.5 Å². The van der Waals surface area contributed by atoms with Gasteiger partial charge in [-0.1, -0.05) is 6.07 Å². The SMILES string of the molecule is Cn1ccc(NC(=O)c2cc3nc(-c4cccs4)cc(C(F)(F)F)n3n2)n1. The van der Waals surface area contributed by atoms with Crippen molar-refractivity contribution in [3.63, 3.8) is 0 Å². The first-order chi connectivity index (χ1) is 12.8. The van der Waals surface area contributed by atoms with Crippen molar-refractivity contribution in [3.8, 4) is 10.6 Å². The molecule has 0 aliphatic heterocycles. The number of hydrogen-bond acceptors (Lipinski definition) is 5. The molecule has 11 heteroatoms. The highest BCUT2D eigenvalue weighted by Gasteiger charge is 2.35. The molecule has 4 aromatic heterocycles. The summed E-state index contributed by atoms with van der Waals surface area (Å²) in [5, 5.41) is 12.0. The molecule has 4 aromatic rings. The topological polar surface area (TPSA) is 77.1 Å². The second kappa shape index (κ2) is 6.20. The van der Waals surface area contributed by atoms with E-state index in [1.807, 2.05) is 0 Å². The fourth-order valence-electron chi connectivity index (χ4n) is 2.50. The maximum Gasteiger partial charge on any atom is 0.433 e. The van der Waals surface area contributed by atoms with Crippen LogP contribution in [0, 0.1) is 0 Å². The molecule has 138 valence electrons. The molecule has 0 saturated heterocycles. The fourth-order valence-corrected chi connectivity index (χ4v) is 3.19. The molecule has 0 aromatic carbocycles. The number of carbonyl (C=O) groups excluding carboxylic acids is 1. The summed E-state index contributed by atoms with van der Waals surface area (Å²) in [6.45, 7) is 0. The number of hydrogen-bond donors (Lipinski definition) is 1. The molecule has 0 saturated carbocycles. The van der Waals surface area contributed by atoms with Gasteiger partial charge in [0.25, 0.3) is 5.91 Å². The summed E-state index contributed by atoms with van der Waals surface area (Å²) in [4.78, 5) is 17.1. The van der Waals surface area contributed by atoms with Crippen LogP contribution in [-0.2, 0) is 13.2 Å². The number of anilines is 1. The molecule has 4 rings (SSSR count). The number of aromatic nitrogens is 5. The number of fused-ring (bicyclic) bond motifs is 1. The van der Waals surface area contributed by atoms with Crippen LogP contribution in [0.25, 0.3) is 16.2 Å². The molecule has 1 amide bonds. The zero-order valence-electron chi connectivity index (χ0n) is 13.7. The number of rotatable bonds is 3. The quantitative estimate of drug-likeness (QED) is 0.579. The third-order valence-corrected chi connectivity index (χ3v) is 4.57. The lowest BCUT2D eigenvalue weighted by atomic mass is 10.2. The highest BCUT2D eigenvalue weighted by molar-refractivity contribution is 7.13. The summed E-state index contributed by atoms with van der Waals surface area (Å²) in [6, 6.07) is 7.09. The van der Waals surface area contributed by atoms with Crippen LogP contribution in [0.2, 0.25) is 0 Å². The molecule has 0 spiro atoms. The van der Waals surface area contributed by atoms with Crippen LogP contribution in [-0.4, -0.2) is 30.3 Å². The first-order valence-corrected chi connectivity index (χ1v) is 8.52. The lowest BCUT2D eigenvalue weighted by Gasteiger charge is -2.10. The summed E-state index contributed by atoms with van der Waals surface area (Å²) in [7, 11) is 1.67. The van der Waals surface area contributed by atoms with E-state index in [1.165, 1.54) is 22.1 Å². The molecule has 7 nitrogen and oxygen atoms in total. The fraction of sp³-hybridized carbons (Fsp3) is 0.125. The molecular weight excluding hydrogens is 381 g/mol. The van der Waals surface area contributed by atoms with Gasteiger partial charge in [0.15, 0.2) is 22.9 Å². The van der Waals surface area contributed by atoms with E-state index in [9.17, 15) is 18.0 Å². The van der Waals surface area contributed by atoms with E-state index in [-0.39, 0.29) is 22.9 Å². The second-order valence-electron chi connectivity index (χ2n) is 5.63. The minimum absolute atomic E-state index is 0.0700. The van der Waals surface area contributed by atoms with Crippen molar-refractivity contribution in [1.82, 2.24) is 24.4 Å². The van der Waals surface area contributed by atoms with Crippen LogP contribution in [0.4, 0.5) is 19.0 Å². The molecule has 1 N–H and O–H groups in total. The van der Waals surface area contributed by atoms with Crippen LogP contribution in [0.15, 0.2) is 41.9 Å². The zero-order chi connectivity index (χ0) is 19.2. The molecule has 0 aliphatic carbocycles. The molecule has 0 aliphatic rings. The number of alkyl halides is 3. The third kappa shape index (κ3) is 3.28. The number of carbonyl (C=O) groups is 1. The van der Waals surface area contributed by atoms with E-state index in [4.69, 9.17) is 0 Å². The van der Waals surface area contributed by atoms with Gasteiger partial charge >= 0.3 is 6.18 Å². The first kappa shape index (κ1) is 17.2. The molecule has 0 fully saturated rings. The Balaban J connectivity index is 1.79. The van der Waals surface area contributed by atoms with Gasteiger partial charge in [0.2, 0.25) is 0 Å². The van der Waals surface area contributed by atoms with Crippen molar-refractivity contribution < 1.29 is 18.0 Å². The number of thiophene rings is 1. The summed E-state index contributed by atoms with van der Waals surface area (Å²) < 4.78 is 42.6. The maximum absolute atomic E-state index is 13.5. The molecule has 0 unspecified atom stereocenters. The lowest BCUT2D eigenvalue weighted by Crippen LogP contribution is -2.16. The Bertz CT molecular complexity index is 1130. The zero-order valence-corrected chi connectivity index (χ0v) is 14.5. The Morgan fingerprint density at radius 1 is 1.22 bits per heavy atom. The van der Waals surface area contributed by atoms with Crippen molar-refractivity contribution in [3.05, 3.63) is 53.3 Å². The van der Waals surface area contributed by atoms with E-state index in [1.54, 1.807) is 36.8 Å². The Morgan fingerprint density at radius 2 is 2.04 bits per heavy atom. The maximum atomic E-state index is 13.5. The second-order valence-corrected chi connectivity index (χ2v) is 6.58. The van der Waals surface area contributed by atoms with Crippen LogP contribution in [0.1, 0.15) is 16.2 Å². The van der Waals surface area contributed by atoms with Gasteiger partial charge in [-0.2, -0.15) is 23.4 Å². The van der Waals surface area contributed by atoms with Gasteiger partial charge < -0.3 is 5.32 Å². The Hall–Kier alpha value is -3.21. The number of nitrogens with zero attached hydrogens (tertiary/aromatic N) is 5. The Morgan fingerprint density at radius 3 is 2.67 bits per heavy atom. The molecule has 0 radical (unpaired) electrons. The van der Waals surface area contributed by atoms with E-state index < -0.39 is 17.8 Å². The summed E-state index contributed by atoms with van der Waals surface area (Å²) in [5.41, 5.74) is -1.10. The van der Waals surface area contributed by atoms with Gasteiger partial charge in [0.1, 0.15) is 0 Å². The van der Waals surface area contributed by atoms with Crippen LogP contribution >= 0.6 is 11.3 Å². The number of amides is 1. The molecular formula is C16H11F3N6OS. The lowest BCUT2D eigenvalue weighted by molar-refractivity contribution is -0.142. The predicted octanol–water partition coefficient (Wildman–Crippen LogP) is 3.46. The molecule has 0 atom stereocenters. The minimum atomic E-state index is -4.66. The first-order valence-electron chi connectivity index (χ1n) is 7.64. The Kier molecular flexibility index (Phi) is 3.95. The van der Waals surface area contributed by atoms with Crippen molar-refractivity contribution >= 4 is 28.7 Å². The van der Waals surface area contributed by atoms with Crippen molar-refractivity contribution in [2.75, 3.05) is 5.32 Å². The Labute approximate surface area is 154 Å². The van der Waals surface area contributed by atoms with Crippen molar-refractivity contribution in [1.29, 1.82) is 0 Å². The monoisotopic (exact) mass is 392 g/mol. The summed E-state index contributed by atoms with van der Waals surface area (Å²) in [6.07, 6.45) is -3.04. The van der Waals surface area contributed by atoms with Crippen molar-refractivity contribution in [2.24, 2.45) is 7.05 Å². The highest BCUT2D eigenvalue weighted by atomic mass is 32.1. The smallest absolute Gasteiger partial charge is 0.304 e. The van der Waals surface area contributed by atoms with Crippen LogP contribution < -0.4 is 5.32 Å². The average molecular weight is 392 g/mol. The van der Waals surface area contributed by atoms with E-state index in [0.29, 0.717) is 9.39 Å². The van der Waals surface area contributed by atoms with Gasteiger partial charge in [-0.05, 0) is 17.5 Å². The van der Waals surface area contributed by atoms with E-state index in [0.717, 1.165) is 6.07 Å². The standard InChI is InChI=1S/C16H11F3N6OS/c1-24-5-4-13(23-24)21-15(26)10-8-14-20-9(11-3-2-6-27-11)7-12(16(17,18)19)25(14)22-10/h2-8H,1H3,(H,21,23,26). The van der Waals surface area contributed by atoms with Gasteiger partial charge in [0, 0.05) is 25.4 Å². The largest absolute Gasteiger partial charge is 0.433 e. The van der Waals surface area contributed by atoms with E-state index >= 15 is 0 Å². The average Bonchev–Trinajstić information content (AvgIpc) is 3.32. The predicted molar refractivity (Wildman–Crippen MR) is 92.5 cm³/mol. The van der Waals surface area contributed by atoms with Gasteiger partial charge in [0.05, 0.1) is 10.6 Å². The number of halogens is 3. The third-order valence-electron chi connectivity index (χ3n) is 3.68. The van der Waals surface area contributed by atoms with Gasteiger partial charge in [-0.25, -0.2) is 9.50 Å². The van der Waals surface area contributed by atoms with Crippen LogP contribution in [0.5, 0.6) is 0 Å². The summed E-state index contributed by atoms with van der Waals surface area (Å²) >= 11 is 1.27. The number of aryl methyl sites for hydroxylation is 1. The normalized spacial score (nSPS) is 11.9.